The largest absolute Gasteiger partial charge is 0.478 e. The molecule has 2 aromatic carbocycles. The first-order valence-corrected chi connectivity index (χ1v) is 9.04. The fraction of sp³-hybridized carbons (Fsp3) is 0.333. The molecule has 5 nitrogen and oxygen atoms in total. The monoisotopic (exact) mass is 388 g/mol. The number of benzene rings is 2. The molecule has 2 aromatic rings. The van der Waals surface area contributed by atoms with Crippen LogP contribution in [0, 0.1) is 13.8 Å². The Bertz CT molecular complexity index is 832. The van der Waals surface area contributed by atoms with E-state index in [1.54, 1.807) is 45.2 Å². The minimum atomic E-state index is -1.12. The molecule has 27 heavy (non-hydrogen) atoms. The molecule has 0 atom stereocenters. The minimum absolute atomic E-state index is 0.0698. The number of halogens is 1. The number of nitrogens with one attached hydrogen (secondary N) is 1. The van der Waals surface area contributed by atoms with Gasteiger partial charge in [-0.05, 0) is 69.2 Å². The number of carbonyl (C=O) groups excluding carboxylic acids is 2. The molecular weight excluding hydrogens is 364 g/mol. The Balaban J connectivity index is 1.99. The zero-order valence-electron chi connectivity index (χ0n) is 16.3. The van der Waals surface area contributed by atoms with Crippen molar-refractivity contribution in [1.29, 1.82) is 0 Å². The van der Waals surface area contributed by atoms with Crippen molar-refractivity contribution in [3.8, 4) is 5.75 Å². The van der Waals surface area contributed by atoms with E-state index in [0.29, 0.717) is 10.8 Å². The average Bonchev–Trinajstić information content (AvgIpc) is 2.60. The third kappa shape index (κ3) is 5.47. The first-order valence-electron chi connectivity index (χ1n) is 8.66. The van der Waals surface area contributed by atoms with Gasteiger partial charge < -0.3 is 15.0 Å². The van der Waals surface area contributed by atoms with Crippen molar-refractivity contribution in [1.82, 2.24) is 4.90 Å². The lowest BCUT2D eigenvalue weighted by molar-refractivity contribution is -0.145. The Kier molecular flexibility index (Phi) is 6.50. The van der Waals surface area contributed by atoms with E-state index >= 15 is 0 Å². The third-order valence-electron chi connectivity index (χ3n) is 4.31. The highest BCUT2D eigenvalue weighted by molar-refractivity contribution is 6.30. The van der Waals surface area contributed by atoms with E-state index in [1.165, 1.54) is 4.90 Å². The van der Waals surface area contributed by atoms with Gasteiger partial charge in [0.25, 0.3) is 5.91 Å². The van der Waals surface area contributed by atoms with Gasteiger partial charge in [-0.25, -0.2) is 0 Å². The van der Waals surface area contributed by atoms with Crippen LogP contribution in [0.5, 0.6) is 5.75 Å². The predicted molar refractivity (Wildman–Crippen MR) is 108 cm³/mol. The van der Waals surface area contributed by atoms with Crippen molar-refractivity contribution in [3.63, 3.8) is 0 Å². The summed E-state index contributed by atoms with van der Waals surface area (Å²) in [5.74, 6) is -0.0265. The van der Waals surface area contributed by atoms with Crippen LogP contribution in [0.4, 0.5) is 5.69 Å². The van der Waals surface area contributed by atoms with Gasteiger partial charge in [-0.3, -0.25) is 9.59 Å². The Morgan fingerprint density at radius 3 is 2.37 bits per heavy atom. The van der Waals surface area contributed by atoms with Crippen molar-refractivity contribution in [2.75, 3.05) is 18.9 Å². The van der Waals surface area contributed by atoms with Crippen LogP contribution in [0.1, 0.15) is 25.0 Å². The lowest BCUT2D eigenvalue weighted by Gasteiger charge is -2.30. The van der Waals surface area contributed by atoms with Crippen molar-refractivity contribution >= 4 is 29.1 Å². The van der Waals surface area contributed by atoms with E-state index in [0.717, 1.165) is 16.8 Å². The second kappa shape index (κ2) is 8.44. The molecule has 0 bridgehead atoms. The molecule has 0 aliphatic carbocycles. The normalized spacial score (nSPS) is 11.0. The molecule has 0 spiro atoms. The van der Waals surface area contributed by atoms with Crippen molar-refractivity contribution in [2.24, 2.45) is 0 Å². The summed E-state index contributed by atoms with van der Waals surface area (Å²) in [4.78, 5) is 26.5. The molecule has 144 valence electrons. The molecule has 2 rings (SSSR count). The zero-order chi connectivity index (χ0) is 20.2. The van der Waals surface area contributed by atoms with Crippen LogP contribution in [0.2, 0.25) is 5.02 Å². The number of ether oxygens (including phenoxy) is 1. The Hall–Kier alpha value is -2.53. The van der Waals surface area contributed by atoms with E-state index in [-0.39, 0.29) is 18.4 Å². The van der Waals surface area contributed by atoms with Crippen molar-refractivity contribution in [2.45, 2.75) is 33.3 Å². The number of likely N-dealkylation sites (N-methyl/N-ethyl adjacent to an activating group) is 1. The zero-order valence-corrected chi connectivity index (χ0v) is 17.1. The molecule has 0 radical (unpaired) electrons. The molecule has 0 saturated heterocycles. The Morgan fingerprint density at radius 1 is 1.11 bits per heavy atom. The topological polar surface area (TPSA) is 58.6 Å². The van der Waals surface area contributed by atoms with Crippen LogP contribution in [-0.2, 0) is 9.59 Å². The van der Waals surface area contributed by atoms with Gasteiger partial charge in [0.05, 0.1) is 6.54 Å². The summed E-state index contributed by atoms with van der Waals surface area (Å²) < 4.78 is 5.79. The molecule has 6 heteroatoms. The molecular formula is C21H25ClN2O3. The summed E-state index contributed by atoms with van der Waals surface area (Å²) >= 11 is 5.87. The first-order chi connectivity index (χ1) is 12.6. The molecule has 0 saturated carbocycles. The maximum Gasteiger partial charge on any atom is 0.266 e. The smallest absolute Gasteiger partial charge is 0.266 e. The average molecular weight is 389 g/mol. The van der Waals surface area contributed by atoms with Crippen LogP contribution in [-0.4, -0.2) is 35.9 Å². The van der Waals surface area contributed by atoms with Gasteiger partial charge >= 0.3 is 0 Å². The number of rotatable bonds is 6. The number of anilines is 1. The number of aryl methyl sites for hydroxylation is 1. The highest BCUT2D eigenvalue weighted by Crippen LogP contribution is 2.22. The second-order valence-electron chi connectivity index (χ2n) is 7.02. The quantitative estimate of drug-likeness (QED) is 0.806. The van der Waals surface area contributed by atoms with Crippen LogP contribution < -0.4 is 10.1 Å². The molecule has 0 unspecified atom stereocenters. The summed E-state index contributed by atoms with van der Waals surface area (Å²) in [6.45, 7) is 7.20. The number of hydrogen-bond donors (Lipinski definition) is 1. The summed E-state index contributed by atoms with van der Waals surface area (Å²) in [7, 11) is 1.58. The van der Waals surface area contributed by atoms with Gasteiger partial charge in [-0.15, -0.1) is 0 Å². The number of nitrogens with zero attached hydrogens (tertiary/aromatic N) is 1. The highest BCUT2D eigenvalue weighted by Gasteiger charge is 2.33. The molecule has 2 amide bonds. The number of hydrogen-bond acceptors (Lipinski definition) is 3. The van der Waals surface area contributed by atoms with E-state index < -0.39 is 5.60 Å². The highest BCUT2D eigenvalue weighted by atomic mass is 35.5. The van der Waals surface area contributed by atoms with Crippen LogP contribution in [0.15, 0.2) is 42.5 Å². The van der Waals surface area contributed by atoms with Gasteiger partial charge in [0.15, 0.2) is 5.60 Å². The van der Waals surface area contributed by atoms with E-state index in [1.807, 2.05) is 32.0 Å². The summed E-state index contributed by atoms with van der Waals surface area (Å²) in [5, 5.41) is 3.45. The van der Waals surface area contributed by atoms with Crippen LogP contribution in [0.25, 0.3) is 0 Å². The maximum atomic E-state index is 12.7. The van der Waals surface area contributed by atoms with Gasteiger partial charge in [0, 0.05) is 17.8 Å². The number of amides is 2. The van der Waals surface area contributed by atoms with E-state index in [9.17, 15) is 9.59 Å². The SMILES string of the molecule is Cc1cccc(NC(=O)CN(C)C(=O)C(C)(C)Oc2ccc(Cl)cc2)c1C. The fourth-order valence-corrected chi connectivity index (χ4v) is 2.79. The summed E-state index contributed by atoms with van der Waals surface area (Å²) in [6, 6.07) is 12.5. The van der Waals surface area contributed by atoms with E-state index in [2.05, 4.69) is 5.32 Å². The summed E-state index contributed by atoms with van der Waals surface area (Å²) in [6.07, 6.45) is 0. The van der Waals surface area contributed by atoms with Crippen molar-refractivity contribution in [3.05, 3.63) is 58.6 Å². The summed E-state index contributed by atoms with van der Waals surface area (Å²) in [5.41, 5.74) is 1.72. The maximum absolute atomic E-state index is 12.7. The lowest BCUT2D eigenvalue weighted by Crippen LogP contribution is -2.49. The Morgan fingerprint density at radius 2 is 1.74 bits per heavy atom. The number of carbonyl (C=O) groups is 2. The minimum Gasteiger partial charge on any atom is -0.478 e. The molecule has 0 heterocycles. The lowest BCUT2D eigenvalue weighted by atomic mass is 10.1. The molecule has 0 aromatic heterocycles. The van der Waals surface area contributed by atoms with Gasteiger partial charge in [0.2, 0.25) is 5.91 Å². The molecule has 1 N–H and O–H groups in total. The van der Waals surface area contributed by atoms with Gasteiger partial charge in [0.1, 0.15) is 5.75 Å². The standard InChI is InChI=1S/C21H25ClN2O3/c1-14-7-6-8-18(15(14)2)23-19(25)13-24(5)20(26)21(3,4)27-17-11-9-16(22)10-12-17/h6-12H,13H2,1-5H3,(H,23,25). The molecule has 0 aliphatic rings. The molecule has 0 aliphatic heterocycles. The predicted octanol–water partition coefficient (Wildman–Crippen LogP) is 4.21. The van der Waals surface area contributed by atoms with Gasteiger partial charge in [-0.1, -0.05) is 23.7 Å². The fourth-order valence-electron chi connectivity index (χ4n) is 2.66. The Labute approximate surface area is 165 Å². The van der Waals surface area contributed by atoms with Crippen LogP contribution >= 0.6 is 11.6 Å². The second-order valence-corrected chi connectivity index (χ2v) is 7.46. The van der Waals surface area contributed by atoms with Crippen LogP contribution in [0.3, 0.4) is 0 Å². The van der Waals surface area contributed by atoms with Crippen molar-refractivity contribution < 1.29 is 14.3 Å². The molecule has 0 fully saturated rings. The first kappa shape index (κ1) is 20.8. The third-order valence-corrected chi connectivity index (χ3v) is 4.56. The van der Waals surface area contributed by atoms with Gasteiger partial charge in [-0.2, -0.15) is 0 Å². The van der Waals surface area contributed by atoms with E-state index in [4.69, 9.17) is 16.3 Å².